The van der Waals surface area contributed by atoms with Gasteiger partial charge in [-0.2, -0.15) is 10.4 Å². The number of rotatable bonds is 25. The van der Waals surface area contributed by atoms with E-state index in [9.17, 15) is 24.9 Å². The van der Waals surface area contributed by atoms with Crippen LogP contribution in [-0.2, 0) is 28.7 Å². The summed E-state index contributed by atoms with van der Waals surface area (Å²) < 4.78 is 35.2. The maximum Gasteiger partial charge on any atom is 0.472 e. The number of nitrogens with zero attached hydrogens (tertiary/aromatic N) is 3. The predicted octanol–water partition coefficient (Wildman–Crippen LogP) is 6.17. The van der Waals surface area contributed by atoms with E-state index in [4.69, 9.17) is 24.3 Å². The van der Waals surface area contributed by atoms with Crippen LogP contribution in [0.3, 0.4) is 0 Å². The number of unbranched alkanes of at least 4 members (excludes halogenated alkanes) is 14. The first-order chi connectivity index (χ1) is 22.3. The van der Waals surface area contributed by atoms with Crippen molar-refractivity contribution in [3.05, 3.63) is 30.1 Å². The van der Waals surface area contributed by atoms with Gasteiger partial charge >= 0.3 is 7.82 Å². The molecule has 260 valence electrons. The Morgan fingerprint density at radius 2 is 1.50 bits per heavy atom. The second-order valence-electron chi connectivity index (χ2n) is 12.3. The standard InChI is InChI=1S/C33H55N4O8P/c1-2-3-4-5-6-7-8-9-10-11-12-13-14-15-16-22-42-23-17-24-43-46(40,41)44-25-29-31(38)32(39)33(26-34,45-29)30-19-18-28-27(35)20-21-36-37(28)30/h18-21,29,31-32,38-39H,2-17,22-25,35H2,1H3,(H,40,41)/t29-,31-,32-,33+/m1/s1. The highest BCUT2D eigenvalue weighted by Gasteiger charge is 2.57. The summed E-state index contributed by atoms with van der Waals surface area (Å²) in [6.45, 7) is 2.64. The summed E-state index contributed by atoms with van der Waals surface area (Å²) >= 11 is 0. The predicted molar refractivity (Wildman–Crippen MR) is 176 cm³/mol. The van der Waals surface area contributed by atoms with E-state index in [1.807, 2.05) is 6.07 Å². The Kier molecular flexibility index (Phi) is 17.0. The van der Waals surface area contributed by atoms with Gasteiger partial charge in [0, 0.05) is 19.4 Å². The van der Waals surface area contributed by atoms with Crippen LogP contribution >= 0.6 is 7.82 Å². The molecule has 2 aromatic rings. The Hall–Kier alpha value is -2.07. The third kappa shape index (κ3) is 11.6. The fourth-order valence-electron chi connectivity index (χ4n) is 5.86. The summed E-state index contributed by atoms with van der Waals surface area (Å²) in [6, 6.07) is 6.64. The molecule has 2 aromatic heterocycles. The molecule has 5 atom stereocenters. The average Bonchev–Trinajstić information content (AvgIpc) is 3.59. The summed E-state index contributed by atoms with van der Waals surface area (Å²) in [7, 11) is -4.49. The van der Waals surface area contributed by atoms with E-state index in [1.165, 1.54) is 100 Å². The molecule has 46 heavy (non-hydrogen) atoms. The van der Waals surface area contributed by atoms with Crippen LogP contribution in [0.1, 0.15) is 115 Å². The number of nitrogens with two attached hydrogens (primary N) is 1. The van der Waals surface area contributed by atoms with Crippen LogP contribution in [0.15, 0.2) is 24.4 Å². The second-order valence-corrected chi connectivity index (χ2v) is 13.7. The molecule has 0 spiro atoms. The summed E-state index contributed by atoms with van der Waals surface area (Å²) in [5.74, 6) is 0. The summed E-state index contributed by atoms with van der Waals surface area (Å²) in [5, 5.41) is 35.6. The molecule has 3 rings (SSSR count). The van der Waals surface area contributed by atoms with E-state index in [-0.39, 0.29) is 12.3 Å². The lowest BCUT2D eigenvalue weighted by Gasteiger charge is -2.24. The number of aliphatic hydroxyl groups is 2. The van der Waals surface area contributed by atoms with Crippen LogP contribution in [0.4, 0.5) is 5.69 Å². The molecule has 1 saturated heterocycles. The number of nitriles is 1. The van der Waals surface area contributed by atoms with E-state index in [1.54, 1.807) is 12.1 Å². The number of phosphoric ester groups is 1. The Balaban J connectivity index is 1.21. The van der Waals surface area contributed by atoms with Crippen LogP contribution in [0, 0.1) is 11.3 Å². The minimum absolute atomic E-state index is 0.0608. The van der Waals surface area contributed by atoms with Gasteiger partial charge in [0.2, 0.25) is 5.60 Å². The number of ether oxygens (including phenoxy) is 2. The maximum absolute atomic E-state index is 12.4. The topological polar surface area (TPSA) is 182 Å². The summed E-state index contributed by atoms with van der Waals surface area (Å²) in [6.07, 6.45) is 16.9. The lowest BCUT2D eigenvalue weighted by atomic mass is 9.92. The van der Waals surface area contributed by atoms with Crippen molar-refractivity contribution in [2.24, 2.45) is 0 Å². The minimum atomic E-state index is -4.49. The number of hydrogen-bond acceptors (Lipinski definition) is 10. The molecule has 12 nitrogen and oxygen atoms in total. The van der Waals surface area contributed by atoms with Crippen LogP contribution < -0.4 is 5.73 Å². The molecule has 13 heteroatoms. The van der Waals surface area contributed by atoms with Crippen molar-refractivity contribution in [1.29, 1.82) is 5.26 Å². The monoisotopic (exact) mass is 666 g/mol. The normalized spacial score (nSPS) is 22.7. The van der Waals surface area contributed by atoms with Gasteiger partial charge in [0.1, 0.15) is 24.4 Å². The largest absolute Gasteiger partial charge is 0.472 e. The lowest BCUT2D eigenvalue weighted by Crippen LogP contribution is -2.41. The van der Waals surface area contributed by atoms with Crippen LogP contribution in [0.25, 0.3) is 5.52 Å². The molecule has 1 aliphatic rings. The zero-order chi connectivity index (χ0) is 33.3. The number of fused-ring (bicyclic) bond motifs is 1. The minimum Gasteiger partial charge on any atom is -0.397 e. The van der Waals surface area contributed by atoms with Crippen LogP contribution in [0.5, 0.6) is 0 Å². The van der Waals surface area contributed by atoms with E-state index in [0.29, 0.717) is 30.8 Å². The molecule has 1 aliphatic heterocycles. The Morgan fingerprint density at radius 3 is 2.11 bits per heavy atom. The van der Waals surface area contributed by atoms with Crippen molar-refractivity contribution in [1.82, 2.24) is 9.61 Å². The Bertz CT molecular complexity index is 1240. The highest BCUT2D eigenvalue weighted by molar-refractivity contribution is 7.47. The highest BCUT2D eigenvalue weighted by Crippen LogP contribution is 2.46. The van der Waals surface area contributed by atoms with Gasteiger partial charge < -0.3 is 30.3 Å². The second kappa shape index (κ2) is 20.3. The molecular weight excluding hydrogens is 611 g/mol. The fourth-order valence-corrected chi connectivity index (χ4v) is 6.63. The van der Waals surface area contributed by atoms with E-state index >= 15 is 0 Å². The molecule has 3 heterocycles. The SMILES string of the molecule is CCCCCCCCCCCCCCCCCOCCCOP(=O)(O)OC[C@H]1O[C@@](C#N)(c2ccc3c(N)ccnn23)[C@H](O)[C@@H]1O. The highest BCUT2D eigenvalue weighted by atomic mass is 31.2. The molecule has 5 N–H and O–H groups in total. The smallest absolute Gasteiger partial charge is 0.397 e. The van der Waals surface area contributed by atoms with Crippen molar-refractivity contribution in [2.45, 2.75) is 134 Å². The summed E-state index contributed by atoms with van der Waals surface area (Å²) in [4.78, 5) is 10.1. The molecule has 0 aliphatic carbocycles. The molecule has 0 aromatic carbocycles. The first-order valence-electron chi connectivity index (χ1n) is 17.1. The average molecular weight is 667 g/mol. The first kappa shape index (κ1) is 38.4. The number of aromatic nitrogens is 2. The number of nitrogen functional groups attached to an aromatic ring is 1. The van der Waals surface area contributed by atoms with Crippen molar-refractivity contribution >= 4 is 19.0 Å². The molecule has 0 radical (unpaired) electrons. The van der Waals surface area contributed by atoms with Gasteiger partial charge in [-0.25, -0.2) is 9.08 Å². The third-order valence-corrected chi connectivity index (χ3v) is 9.56. The molecule has 0 saturated carbocycles. The van der Waals surface area contributed by atoms with Gasteiger partial charge in [-0.3, -0.25) is 9.05 Å². The van der Waals surface area contributed by atoms with E-state index in [2.05, 4.69) is 12.0 Å². The van der Waals surface area contributed by atoms with Gasteiger partial charge in [0.15, 0.2) is 0 Å². The zero-order valence-corrected chi connectivity index (χ0v) is 28.3. The third-order valence-electron chi connectivity index (χ3n) is 8.57. The number of aliphatic hydroxyl groups excluding tert-OH is 2. The molecule has 0 amide bonds. The summed E-state index contributed by atoms with van der Waals surface area (Å²) in [5.41, 5.74) is 5.00. The van der Waals surface area contributed by atoms with Gasteiger partial charge in [-0.15, -0.1) is 0 Å². The Morgan fingerprint density at radius 1 is 0.913 bits per heavy atom. The van der Waals surface area contributed by atoms with Gasteiger partial charge in [0.25, 0.3) is 0 Å². The quantitative estimate of drug-likeness (QED) is 0.0703. The van der Waals surface area contributed by atoms with E-state index in [0.717, 1.165) is 12.8 Å². The number of anilines is 1. The first-order valence-corrected chi connectivity index (χ1v) is 18.6. The van der Waals surface area contributed by atoms with Crippen LogP contribution in [-0.4, -0.2) is 69.5 Å². The zero-order valence-electron chi connectivity index (χ0n) is 27.4. The molecule has 1 unspecified atom stereocenters. The van der Waals surface area contributed by atoms with Crippen LogP contribution in [0.2, 0.25) is 0 Å². The number of phosphoric acid groups is 1. The van der Waals surface area contributed by atoms with Crippen molar-refractivity contribution in [3.63, 3.8) is 0 Å². The molecule has 0 bridgehead atoms. The molecular formula is C33H55N4O8P. The fraction of sp³-hybridized carbons (Fsp3) is 0.758. The maximum atomic E-state index is 12.4. The van der Waals surface area contributed by atoms with Gasteiger partial charge in [0.05, 0.1) is 30.1 Å². The number of hydrogen-bond donors (Lipinski definition) is 4. The van der Waals surface area contributed by atoms with E-state index < -0.39 is 38.3 Å². The van der Waals surface area contributed by atoms with Crippen molar-refractivity contribution in [2.75, 3.05) is 32.2 Å². The molecule has 1 fully saturated rings. The lowest BCUT2D eigenvalue weighted by molar-refractivity contribution is -0.0643. The van der Waals surface area contributed by atoms with Gasteiger partial charge in [-0.1, -0.05) is 96.8 Å². The Labute approximate surface area is 273 Å². The van der Waals surface area contributed by atoms with Gasteiger partial charge in [-0.05, 0) is 31.0 Å². The van der Waals surface area contributed by atoms with Crippen molar-refractivity contribution in [3.8, 4) is 6.07 Å². The van der Waals surface area contributed by atoms with Crippen molar-refractivity contribution < 1.29 is 38.2 Å².